The molecule has 5 nitrogen and oxygen atoms in total. The van der Waals surface area contributed by atoms with E-state index in [1.807, 2.05) is 24.3 Å². The summed E-state index contributed by atoms with van der Waals surface area (Å²) in [5.41, 5.74) is 9.42. The number of nitrogens with zero attached hydrogens (tertiary/aromatic N) is 3. The van der Waals surface area contributed by atoms with Gasteiger partial charge >= 0.3 is 0 Å². The third-order valence-corrected chi connectivity index (χ3v) is 2.85. The number of hydrogen-bond acceptors (Lipinski definition) is 5. The second-order valence-corrected chi connectivity index (χ2v) is 4.06. The summed E-state index contributed by atoms with van der Waals surface area (Å²) >= 11 is 0. The molecule has 0 atom stereocenters. The van der Waals surface area contributed by atoms with Crippen molar-refractivity contribution in [2.24, 2.45) is 0 Å². The van der Waals surface area contributed by atoms with Gasteiger partial charge in [-0.15, -0.1) is 0 Å². The number of rotatable bonds is 2. The lowest BCUT2D eigenvalue weighted by atomic mass is 10.1. The van der Waals surface area contributed by atoms with Crippen LogP contribution in [0.2, 0.25) is 0 Å². The highest BCUT2D eigenvalue weighted by Gasteiger charge is 2.06. The maximum Gasteiger partial charge on any atom is 0.178 e. The van der Waals surface area contributed by atoms with Crippen molar-refractivity contribution >= 4 is 16.9 Å². The van der Waals surface area contributed by atoms with Crippen LogP contribution in [0.15, 0.2) is 42.7 Å². The number of aromatic nitrogens is 3. The van der Waals surface area contributed by atoms with Crippen molar-refractivity contribution in [2.45, 2.75) is 0 Å². The second-order valence-electron chi connectivity index (χ2n) is 4.06. The Hall–Kier alpha value is -2.69. The second kappa shape index (κ2) is 4.53. The minimum atomic E-state index is 0.595. The van der Waals surface area contributed by atoms with Gasteiger partial charge in [0.1, 0.15) is 11.3 Å². The molecular weight excluding hydrogens is 240 g/mol. The standard InChI is InChI=1S/C14H12N4O/c1-19-13-7-9(4-5-10(13)15)12-8-17-11-3-2-6-16-14(11)18-12/h2-8H,15H2,1H3. The quantitative estimate of drug-likeness (QED) is 0.708. The van der Waals surface area contributed by atoms with E-state index in [2.05, 4.69) is 15.0 Å². The van der Waals surface area contributed by atoms with Gasteiger partial charge in [0.2, 0.25) is 0 Å². The lowest BCUT2D eigenvalue weighted by Crippen LogP contribution is -1.94. The zero-order valence-corrected chi connectivity index (χ0v) is 10.4. The molecule has 0 unspecified atom stereocenters. The number of hydrogen-bond donors (Lipinski definition) is 1. The minimum Gasteiger partial charge on any atom is -0.495 e. The van der Waals surface area contributed by atoms with E-state index in [0.29, 0.717) is 17.1 Å². The van der Waals surface area contributed by atoms with Crippen molar-refractivity contribution in [1.29, 1.82) is 0 Å². The van der Waals surface area contributed by atoms with Crippen LogP contribution < -0.4 is 10.5 Å². The highest BCUT2D eigenvalue weighted by Crippen LogP contribution is 2.27. The SMILES string of the molecule is COc1cc(-c2cnc3cccnc3n2)ccc1N. The fraction of sp³-hybridized carbons (Fsp3) is 0.0714. The molecule has 2 heterocycles. The number of pyridine rings is 1. The van der Waals surface area contributed by atoms with Crippen molar-refractivity contribution in [3.05, 3.63) is 42.7 Å². The highest BCUT2D eigenvalue weighted by molar-refractivity contribution is 5.74. The van der Waals surface area contributed by atoms with Gasteiger partial charge in [-0.3, -0.25) is 4.98 Å². The third kappa shape index (κ3) is 2.06. The maximum atomic E-state index is 5.80. The molecule has 3 aromatic rings. The molecule has 5 heteroatoms. The van der Waals surface area contributed by atoms with Gasteiger partial charge in [-0.05, 0) is 24.3 Å². The Labute approximate surface area is 110 Å². The Morgan fingerprint density at radius 3 is 2.89 bits per heavy atom. The van der Waals surface area contributed by atoms with Crippen molar-refractivity contribution in [3.63, 3.8) is 0 Å². The van der Waals surface area contributed by atoms with E-state index in [1.54, 1.807) is 25.6 Å². The molecule has 0 bridgehead atoms. The zero-order chi connectivity index (χ0) is 13.2. The Morgan fingerprint density at radius 2 is 2.05 bits per heavy atom. The lowest BCUT2D eigenvalue weighted by molar-refractivity contribution is 0.417. The van der Waals surface area contributed by atoms with Crippen molar-refractivity contribution in [3.8, 4) is 17.0 Å². The first kappa shape index (κ1) is 11.4. The summed E-state index contributed by atoms with van der Waals surface area (Å²) in [6, 6.07) is 9.23. The number of methoxy groups -OCH3 is 1. The predicted molar refractivity (Wildman–Crippen MR) is 73.7 cm³/mol. The number of anilines is 1. The predicted octanol–water partition coefficient (Wildman–Crippen LogP) is 2.28. The Kier molecular flexibility index (Phi) is 2.72. The number of ether oxygens (including phenoxy) is 1. The van der Waals surface area contributed by atoms with E-state index < -0.39 is 0 Å². The van der Waals surface area contributed by atoms with Gasteiger partial charge in [-0.1, -0.05) is 6.07 Å². The summed E-state index contributed by atoms with van der Waals surface area (Å²) in [4.78, 5) is 13.0. The van der Waals surface area contributed by atoms with Crippen molar-refractivity contribution < 1.29 is 4.74 Å². The average Bonchev–Trinajstić information content (AvgIpc) is 2.47. The Bertz CT molecular complexity index is 742. The summed E-state index contributed by atoms with van der Waals surface area (Å²) in [5, 5.41) is 0. The molecule has 0 radical (unpaired) electrons. The van der Waals surface area contributed by atoms with Gasteiger partial charge in [-0.25, -0.2) is 9.97 Å². The summed E-state index contributed by atoms with van der Waals surface area (Å²) in [6.07, 6.45) is 3.42. The van der Waals surface area contributed by atoms with Crippen LogP contribution in [0.3, 0.4) is 0 Å². The fourth-order valence-corrected chi connectivity index (χ4v) is 1.86. The summed E-state index contributed by atoms with van der Waals surface area (Å²) < 4.78 is 5.21. The van der Waals surface area contributed by atoms with E-state index in [4.69, 9.17) is 10.5 Å². The zero-order valence-electron chi connectivity index (χ0n) is 10.4. The van der Waals surface area contributed by atoms with E-state index in [1.165, 1.54) is 0 Å². The Morgan fingerprint density at radius 1 is 1.16 bits per heavy atom. The van der Waals surface area contributed by atoms with Gasteiger partial charge in [-0.2, -0.15) is 0 Å². The number of fused-ring (bicyclic) bond motifs is 1. The molecule has 0 spiro atoms. The summed E-state index contributed by atoms with van der Waals surface area (Å²) in [7, 11) is 1.59. The van der Waals surface area contributed by atoms with Crippen LogP contribution in [0, 0.1) is 0 Å². The van der Waals surface area contributed by atoms with Crippen LogP contribution in [0.1, 0.15) is 0 Å². The smallest absolute Gasteiger partial charge is 0.178 e. The van der Waals surface area contributed by atoms with Gasteiger partial charge < -0.3 is 10.5 Å². The molecule has 3 rings (SSSR count). The van der Waals surface area contributed by atoms with E-state index in [9.17, 15) is 0 Å². The molecule has 2 N–H and O–H groups in total. The third-order valence-electron chi connectivity index (χ3n) is 2.85. The van der Waals surface area contributed by atoms with E-state index in [0.717, 1.165) is 16.8 Å². The van der Waals surface area contributed by atoms with Gasteiger partial charge in [0.15, 0.2) is 5.65 Å². The van der Waals surface area contributed by atoms with Crippen LogP contribution in [0.4, 0.5) is 5.69 Å². The van der Waals surface area contributed by atoms with E-state index >= 15 is 0 Å². The van der Waals surface area contributed by atoms with Crippen LogP contribution in [-0.4, -0.2) is 22.1 Å². The largest absolute Gasteiger partial charge is 0.495 e. The van der Waals surface area contributed by atoms with Crippen LogP contribution in [-0.2, 0) is 0 Å². The molecule has 0 saturated heterocycles. The normalized spacial score (nSPS) is 10.6. The van der Waals surface area contributed by atoms with Crippen molar-refractivity contribution in [1.82, 2.24) is 15.0 Å². The molecule has 19 heavy (non-hydrogen) atoms. The summed E-state index contributed by atoms with van der Waals surface area (Å²) in [5.74, 6) is 0.625. The molecule has 0 fully saturated rings. The molecule has 0 aliphatic rings. The topological polar surface area (TPSA) is 73.9 Å². The molecular formula is C14H12N4O. The molecule has 94 valence electrons. The Balaban J connectivity index is 2.13. The fourth-order valence-electron chi connectivity index (χ4n) is 1.86. The molecule has 0 saturated carbocycles. The molecule has 0 amide bonds. The summed E-state index contributed by atoms with van der Waals surface area (Å²) in [6.45, 7) is 0. The molecule has 0 aliphatic carbocycles. The van der Waals surface area contributed by atoms with Gasteiger partial charge in [0.25, 0.3) is 0 Å². The van der Waals surface area contributed by atoms with Crippen LogP contribution in [0.5, 0.6) is 5.75 Å². The number of nitrogens with two attached hydrogens (primary N) is 1. The van der Waals surface area contributed by atoms with E-state index in [-0.39, 0.29) is 0 Å². The molecule has 0 aliphatic heterocycles. The average molecular weight is 252 g/mol. The van der Waals surface area contributed by atoms with Gasteiger partial charge in [0.05, 0.1) is 24.7 Å². The molecule has 1 aromatic carbocycles. The first-order chi connectivity index (χ1) is 9.28. The maximum absolute atomic E-state index is 5.80. The number of nitrogen functional groups attached to an aromatic ring is 1. The van der Waals surface area contributed by atoms with Crippen molar-refractivity contribution in [2.75, 3.05) is 12.8 Å². The first-order valence-electron chi connectivity index (χ1n) is 5.79. The monoisotopic (exact) mass is 252 g/mol. The highest BCUT2D eigenvalue weighted by atomic mass is 16.5. The molecule has 2 aromatic heterocycles. The minimum absolute atomic E-state index is 0.595. The van der Waals surface area contributed by atoms with Crippen LogP contribution >= 0.6 is 0 Å². The first-order valence-corrected chi connectivity index (χ1v) is 5.79. The number of benzene rings is 1. The van der Waals surface area contributed by atoms with Gasteiger partial charge in [0, 0.05) is 11.8 Å². The lowest BCUT2D eigenvalue weighted by Gasteiger charge is -2.07. The van der Waals surface area contributed by atoms with Crippen LogP contribution in [0.25, 0.3) is 22.4 Å².